The normalized spacial score (nSPS) is 12.1. The summed E-state index contributed by atoms with van der Waals surface area (Å²) >= 11 is 0. The van der Waals surface area contributed by atoms with E-state index in [0.717, 1.165) is 12.8 Å². The molecule has 0 saturated heterocycles. The van der Waals surface area contributed by atoms with Crippen LogP contribution in [0.15, 0.2) is 0 Å². The first-order chi connectivity index (χ1) is 6.00. The van der Waals surface area contributed by atoms with Crippen molar-refractivity contribution in [2.45, 2.75) is 12.8 Å². The zero-order chi connectivity index (χ0) is 10.7. The molecule has 0 aromatic carbocycles. The Bertz CT molecular complexity index is 150. The van der Waals surface area contributed by atoms with E-state index in [1.54, 1.807) is 0 Å². The van der Waals surface area contributed by atoms with Gasteiger partial charge in [0, 0.05) is 0 Å². The average molecular weight is 235 g/mol. The topological polar surface area (TPSA) is 130 Å². The van der Waals surface area contributed by atoms with Crippen LogP contribution in [-0.2, 0) is 13.7 Å². The molecule has 82 valence electrons. The van der Waals surface area contributed by atoms with E-state index in [2.05, 4.69) is 4.52 Å². The van der Waals surface area contributed by atoms with E-state index in [1.807, 2.05) is 0 Å². The molecule has 0 aromatic rings. The van der Waals surface area contributed by atoms with Gasteiger partial charge in [-0.1, -0.05) is 0 Å². The van der Waals surface area contributed by atoms with Crippen LogP contribution < -0.4 is 5.73 Å². The van der Waals surface area contributed by atoms with Gasteiger partial charge in [0.2, 0.25) is 0 Å². The molecule has 0 aromatic heterocycles. The zero-order valence-corrected chi connectivity index (χ0v) is 8.97. The van der Waals surface area contributed by atoms with E-state index in [4.69, 9.17) is 25.0 Å². The molecule has 0 radical (unpaired) electrons. The predicted octanol–water partition coefficient (Wildman–Crippen LogP) is -0.515. The third-order valence-electron chi connectivity index (χ3n) is 0.824. The van der Waals surface area contributed by atoms with Crippen LogP contribution in [0.25, 0.3) is 0 Å². The van der Waals surface area contributed by atoms with Gasteiger partial charge in [0.15, 0.2) is 0 Å². The molecule has 5 N–H and O–H groups in total. The summed E-state index contributed by atoms with van der Waals surface area (Å²) in [6.45, 7) is 0.946. The third-order valence-corrected chi connectivity index (χ3v) is 1.28. The molecule has 9 heteroatoms. The molecule has 0 bridgehead atoms. The van der Waals surface area contributed by atoms with Crippen molar-refractivity contribution >= 4 is 16.5 Å². The number of unbranched alkanes of at least 4 members (excludes halogenated alkanes) is 1. The van der Waals surface area contributed by atoms with E-state index in [0.29, 0.717) is 13.2 Å². The van der Waals surface area contributed by atoms with Crippen LogP contribution in [-0.4, -0.2) is 27.8 Å². The Morgan fingerprint density at radius 2 is 1.62 bits per heavy atom. The second-order valence-corrected chi connectivity index (χ2v) is 3.28. The van der Waals surface area contributed by atoms with Gasteiger partial charge in [0.1, 0.15) is 0 Å². The predicted molar refractivity (Wildman–Crippen MR) is 48.9 cm³/mol. The Labute approximate surface area is 77.4 Å². The Morgan fingerprint density at radius 1 is 1.15 bits per heavy atom. The summed E-state index contributed by atoms with van der Waals surface area (Å²) in [7, 11) is -5.84. The van der Waals surface area contributed by atoms with Gasteiger partial charge in [-0.15, -0.1) is 0 Å². The summed E-state index contributed by atoms with van der Waals surface area (Å²) in [5.74, 6) is 0. The minimum Gasteiger partial charge on any atom is -0.330 e. The van der Waals surface area contributed by atoms with Crippen LogP contribution in [0.3, 0.4) is 0 Å². The summed E-state index contributed by atoms with van der Waals surface area (Å²) in [6, 6.07) is 0. The number of nitrogens with two attached hydrogens (primary N) is 1. The van der Waals surface area contributed by atoms with Gasteiger partial charge >= 0.3 is 16.5 Å². The van der Waals surface area contributed by atoms with Crippen LogP contribution >= 0.6 is 16.5 Å². The summed E-state index contributed by atoms with van der Waals surface area (Å²) in [5, 5.41) is 0. The molecule has 0 spiro atoms. The first-order valence-electron chi connectivity index (χ1n) is 3.48. The van der Waals surface area contributed by atoms with Crippen molar-refractivity contribution in [2.24, 2.45) is 5.73 Å². The highest BCUT2D eigenvalue weighted by Gasteiger charge is 1.89. The van der Waals surface area contributed by atoms with Crippen LogP contribution in [0.1, 0.15) is 12.8 Å². The van der Waals surface area contributed by atoms with Crippen LogP contribution in [0.4, 0.5) is 0 Å². The molecule has 0 heterocycles. The highest BCUT2D eigenvalue weighted by molar-refractivity contribution is 7.32. The van der Waals surface area contributed by atoms with Crippen LogP contribution in [0, 0.1) is 0 Å². The quantitative estimate of drug-likeness (QED) is 0.372. The molecule has 7 nitrogen and oxygen atoms in total. The minimum absolute atomic E-state index is 0.339. The van der Waals surface area contributed by atoms with Crippen LogP contribution in [0.2, 0.25) is 0 Å². The molecule has 13 heavy (non-hydrogen) atoms. The molecule has 0 aliphatic heterocycles. The van der Waals surface area contributed by atoms with Gasteiger partial charge < -0.3 is 24.9 Å². The van der Waals surface area contributed by atoms with Crippen molar-refractivity contribution in [3.8, 4) is 0 Å². The SMILES string of the molecule is NCCCCO[PH](=O)O.O=[PH](O)O. The lowest BCUT2D eigenvalue weighted by Crippen LogP contribution is -1.99. The average Bonchev–Trinajstić information content (AvgIpc) is 1.97. The molecule has 0 amide bonds. The van der Waals surface area contributed by atoms with Crippen molar-refractivity contribution in [1.82, 2.24) is 0 Å². The van der Waals surface area contributed by atoms with Crippen molar-refractivity contribution in [3.63, 3.8) is 0 Å². The maximum Gasteiger partial charge on any atom is 0.316 e. The van der Waals surface area contributed by atoms with Gasteiger partial charge in [0.05, 0.1) is 6.61 Å². The van der Waals surface area contributed by atoms with E-state index >= 15 is 0 Å². The van der Waals surface area contributed by atoms with Gasteiger partial charge in [-0.05, 0) is 19.4 Å². The van der Waals surface area contributed by atoms with Gasteiger partial charge in [-0.3, -0.25) is 9.13 Å². The van der Waals surface area contributed by atoms with E-state index in [9.17, 15) is 4.57 Å². The summed E-state index contributed by atoms with van der Waals surface area (Å²) in [5.41, 5.74) is 5.16. The minimum atomic E-state index is -3.13. The molecular formula is C4H15NO6P2. The Hall–Kier alpha value is 0.260. The van der Waals surface area contributed by atoms with E-state index in [1.165, 1.54) is 0 Å². The largest absolute Gasteiger partial charge is 0.330 e. The summed E-state index contributed by atoms with van der Waals surface area (Å²) in [6.07, 6.45) is 1.60. The lowest BCUT2D eigenvalue weighted by Gasteiger charge is -1.96. The standard InChI is InChI=1S/C4H12NO3P.H3O3P/c5-3-1-2-4-8-9(6)7;1-4(2)3/h9H,1-5H2,(H,6,7);4H,(H2,1,2,3). The fourth-order valence-electron chi connectivity index (χ4n) is 0.406. The van der Waals surface area contributed by atoms with Crippen molar-refractivity contribution in [3.05, 3.63) is 0 Å². The number of hydrogen-bond donors (Lipinski definition) is 4. The lowest BCUT2D eigenvalue weighted by molar-refractivity contribution is 0.275. The molecule has 0 aliphatic carbocycles. The molecule has 1 atom stereocenters. The Kier molecular flexibility index (Phi) is 14.8. The second-order valence-electron chi connectivity index (χ2n) is 1.89. The molecule has 0 rings (SSSR count). The van der Waals surface area contributed by atoms with Gasteiger partial charge in [-0.2, -0.15) is 0 Å². The third kappa shape index (κ3) is 32.9. The fourth-order valence-corrected chi connectivity index (χ4v) is 0.725. The molecular weight excluding hydrogens is 220 g/mol. The highest BCUT2D eigenvalue weighted by Crippen LogP contribution is 2.14. The van der Waals surface area contributed by atoms with Crippen molar-refractivity contribution in [1.29, 1.82) is 0 Å². The van der Waals surface area contributed by atoms with Crippen LogP contribution in [0.5, 0.6) is 0 Å². The Balaban J connectivity index is 0. The smallest absolute Gasteiger partial charge is 0.316 e. The molecule has 0 aliphatic rings. The summed E-state index contributed by atoms with van der Waals surface area (Å²) in [4.78, 5) is 22.5. The van der Waals surface area contributed by atoms with Gasteiger partial charge in [-0.25, -0.2) is 0 Å². The molecule has 0 fully saturated rings. The lowest BCUT2D eigenvalue weighted by atomic mass is 10.3. The zero-order valence-electron chi connectivity index (χ0n) is 6.97. The monoisotopic (exact) mass is 235 g/mol. The van der Waals surface area contributed by atoms with Crippen molar-refractivity contribution < 1.29 is 28.3 Å². The maximum absolute atomic E-state index is 9.89. The first-order valence-corrected chi connectivity index (χ1v) is 6.05. The molecule has 1 unspecified atom stereocenters. The van der Waals surface area contributed by atoms with Gasteiger partial charge in [0.25, 0.3) is 0 Å². The second kappa shape index (κ2) is 12.3. The first kappa shape index (κ1) is 15.7. The number of rotatable bonds is 5. The summed E-state index contributed by atoms with van der Waals surface area (Å²) < 4.78 is 23.0. The highest BCUT2D eigenvalue weighted by atomic mass is 31.1. The van der Waals surface area contributed by atoms with E-state index in [-0.39, 0.29) is 0 Å². The Morgan fingerprint density at radius 3 is 1.92 bits per heavy atom. The molecule has 0 saturated carbocycles. The fraction of sp³-hybridized carbons (Fsp3) is 1.00. The number of hydrogen-bond acceptors (Lipinski definition) is 4. The van der Waals surface area contributed by atoms with E-state index < -0.39 is 16.5 Å². The maximum atomic E-state index is 9.89. The van der Waals surface area contributed by atoms with Crippen molar-refractivity contribution in [2.75, 3.05) is 13.2 Å².